The maximum absolute atomic E-state index is 13.1. The molecule has 2 heterocycles. The molecule has 0 spiro atoms. The van der Waals surface area contributed by atoms with E-state index in [0.29, 0.717) is 42.8 Å². The lowest BCUT2D eigenvalue weighted by Gasteiger charge is -2.30. The van der Waals surface area contributed by atoms with Crippen LogP contribution in [0.15, 0.2) is 45.8 Å². The number of nitrogens with zero attached hydrogens (tertiary/aromatic N) is 2. The van der Waals surface area contributed by atoms with Gasteiger partial charge in [-0.15, -0.1) is 0 Å². The molecule has 1 aromatic heterocycles. The van der Waals surface area contributed by atoms with E-state index in [-0.39, 0.29) is 46.3 Å². The van der Waals surface area contributed by atoms with Crippen LogP contribution in [0.4, 0.5) is 0 Å². The van der Waals surface area contributed by atoms with Gasteiger partial charge in [-0.05, 0) is 35.7 Å². The molecule has 40 heavy (non-hydrogen) atoms. The number of hydrogen-bond acceptors (Lipinski definition) is 7. The fraction of sp³-hybridized carbons (Fsp3) is 0.308. The van der Waals surface area contributed by atoms with E-state index in [0.717, 1.165) is 5.39 Å². The van der Waals surface area contributed by atoms with Gasteiger partial charge < -0.3 is 29.8 Å². The second kappa shape index (κ2) is 13.0. The van der Waals surface area contributed by atoms with Crippen molar-refractivity contribution in [3.8, 4) is 0 Å². The molecular weight excluding hydrogens is 563 g/mol. The van der Waals surface area contributed by atoms with E-state index < -0.39 is 17.9 Å². The number of hydrogen-bond donors (Lipinski definition) is 5. The first-order valence-electron chi connectivity index (χ1n) is 12.3. The lowest BCUT2D eigenvalue weighted by atomic mass is 9.96. The molecule has 2 aromatic carbocycles. The van der Waals surface area contributed by atoms with Gasteiger partial charge in [-0.25, -0.2) is 15.6 Å². The number of amides is 2. The highest BCUT2D eigenvalue weighted by molar-refractivity contribution is 6.40. The number of carbonyl (C=O) groups excluding carboxylic acids is 2. The summed E-state index contributed by atoms with van der Waals surface area (Å²) in [4.78, 5) is 43.7. The quantitative estimate of drug-likeness (QED) is 0.0823. The van der Waals surface area contributed by atoms with Crippen LogP contribution in [0.25, 0.3) is 11.0 Å². The first kappa shape index (κ1) is 29.2. The number of aliphatic carboxylic acids is 1. The number of aliphatic imine (C=N–C) groups is 1. The van der Waals surface area contributed by atoms with Crippen molar-refractivity contribution in [1.29, 1.82) is 0 Å². The molecule has 212 valence electrons. The number of nitrogens with two attached hydrogens (primary N) is 1. The summed E-state index contributed by atoms with van der Waals surface area (Å²) >= 11 is 13.1. The van der Waals surface area contributed by atoms with Crippen LogP contribution < -0.4 is 21.9 Å². The van der Waals surface area contributed by atoms with Crippen molar-refractivity contribution in [1.82, 2.24) is 21.0 Å². The van der Waals surface area contributed by atoms with Gasteiger partial charge in [-0.3, -0.25) is 15.0 Å². The third kappa shape index (κ3) is 6.48. The zero-order chi connectivity index (χ0) is 28.8. The van der Waals surface area contributed by atoms with Gasteiger partial charge in [-0.2, -0.15) is 0 Å². The van der Waals surface area contributed by atoms with Gasteiger partial charge in [-0.1, -0.05) is 41.4 Å². The van der Waals surface area contributed by atoms with Crippen LogP contribution in [0.1, 0.15) is 32.0 Å². The summed E-state index contributed by atoms with van der Waals surface area (Å²) in [6, 6.07) is 9.23. The minimum absolute atomic E-state index is 0.0254. The van der Waals surface area contributed by atoms with Gasteiger partial charge in [0.15, 0.2) is 5.76 Å². The molecule has 1 atom stereocenters. The van der Waals surface area contributed by atoms with Crippen molar-refractivity contribution < 1.29 is 28.6 Å². The number of ether oxygens (including phenoxy) is 1. The summed E-state index contributed by atoms with van der Waals surface area (Å²) in [7, 11) is 1.53. The first-order chi connectivity index (χ1) is 19.2. The number of para-hydroxylation sites is 1. The Balaban J connectivity index is 1.48. The first-order valence-corrected chi connectivity index (χ1v) is 13.0. The number of halogens is 2. The number of carbonyl (C=O) groups is 3. The Labute approximate surface area is 239 Å². The van der Waals surface area contributed by atoms with Gasteiger partial charge in [0.05, 0.1) is 28.8 Å². The third-order valence-electron chi connectivity index (χ3n) is 6.33. The Bertz CT molecular complexity index is 1430. The number of guanidine groups is 1. The summed E-state index contributed by atoms with van der Waals surface area (Å²) in [5.74, 6) is 3.41. The van der Waals surface area contributed by atoms with Gasteiger partial charge in [0, 0.05) is 32.1 Å². The summed E-state index contributed by atoms with van der Waals surface area (Å²) in [6.45, 7) is 0.985. The molecule has 3 aromatic rings. The maximum atomic E-state index is 13.1. The number of nitrogens with one attached hydrogen (secondary N) is 3. The van der Waals surface area contributed by atoms with E-state index in [1.54, 1.807) is 23.1 Å². The average molecular weight is 591 g/mol. The summed E-state index contributed by atoms with van der Waals surface area (Å²) in [6.07, 6.45) is 0.364. The molecule has 0 radical (unpaired) electrons. The number of hydrazine groups is 1. The number of carboxylic acids is 1. The van der Waals surface area contributed by atoms with E-state index in [4.69, 9.17) is 38.2 Å². The van der Waals surface area contributed by atoms with Crippen LogP contribution in [0.2, 0.25) is 10.0 Å². The predicted molar refractivity (Wildman–Crippen MR) is 150 cm³/mol. The molecule has 0 aliphatic carbocycles. The predicted octanol–water partition coefficient (Wildman–Crippen LogP) is 2.18. The molecule has 6 N–H and O–H groups in total. The Kier molecular flexibility index (Phi) is 9.48. The molecule has 1 aliphatic heterocycles. The normalized spacial score (nSPS) is 14.0. The molecule has 2 amide bonds. The smallest absolute Gasteiger partial charge is 0.328 e. The minimum Gasteiger partial charge on any atom is -0.480 e. The molecule has 14 heteroatoms. The minimum atomic E-state index is -1.39. The molecule has 0 saturated heterocycles. The van der Waals surface area contributed by atoms with Crippen molar-refractivity contribution in [3.63, 3.8) is 0 Å². The third-order valence-corrected chi connectivity index (χ3v) is 7.04. The van der Waals surface area contributed by atoms with Crippen LogP contribution in [0, 0.1) is 0 Å². The molecule has 0 unspecified atom stereocenters. The van der Waals surface area contributed by atoms with Gasteiger partial charge in [0.2, 0.25) is 5.96 Å². The van der Waals surface area contributed by atoms with Crippen LogP contribution in [-0.4, -0.2) is 73.1 Å². The van der Waals surface area contributed by atoms with E-state index >= 15 is 0 Å². The maximum Gasteiger partial charge on any atom is 0.328 e. The zero-order valence-corrected chi connectivity index (χ0v) is 23.0. The molecular formula is C26H28Cl2N6O6. The lowest BCUT2D eigenvalue weighted by Crippen LogP contribution is -2.46. The van der Waals surface area contributed by atoms with Gasteiger partial charge >= 0.3 is 5.97 Å². The number of fused-ring (bicyclic) bond motifs is 2. The summed E-state index contributed by atoms with van der Waals surface area (Å²) in [5.41, 5.74) is 4.23. The van der Waals surface area contributed by atoms with E-state index in [9.17, 15) is 19.5 Å². The highest BCUT2D eigenvalue weighted by atomic mass is 35.5. The van der Waals surface area contributed by atoms with Crippen LogP contribution >= 0.6 is 23.2 Å². The van der Waals surface area contributed by atoms with E-state index in [1.165, 1.54) is 7.11 Å². The molecule has 0 fully saturated rings. The van der Waals surface area contributed by atoms with Crippen molar-refractivity contribution >= 4 is 57.9 Å². The second-order valence-corrected chi connectivity index (χ2v) is 9.71. The number of benzene rings is 2. The SMILES string of the molecule is COCCNC(=NC[C@H](NC(=O)c1c(Cl)cc2c(c1Cl)CCN(C(=O)c1cc3ccccc3o1)C2)C(=O)O)NN. The second-order valence-electron chi connectivity index (χ2n) is 8.93. The molecule has 0 bridgehead atoms. The number of carboxylic acid groups (broad SMARTS) is 1. The highest BCUT2D eigenvalue weighted by Crippen LogP contribution is 2.35. The zero-order valence-electron chi connectivity index (χ0n) is 21.5. The summed E-state index contributed by atoms with van der Waals surface area (Å²) < 4.78 is 10.6. The Morgan fingerprint density at radius 3 is 2.73 bits per heavy atom. The fourth-order valence-corrected chi connectivity index (χ4v) is 5.06. The number of rotatable bonds is 9. The van der Waals surface area contributed by atoms with Gasteiger partial charge in [0.1, 0.15) is 11.6 Å². The molecule has 1 aliphatic rings. The Morgan fingerprint density at radius 1 is 1.25 bits per heavy atom. The number of methoxy groups -OCH3 is 1. The standard InChI is InChI=1S/C26H28Cl2N6O6/c1-39-9-7-30-26(33-29)31-12-18(25(37)38)32-23(35)21-17(27)10-15-13-34(8-6-16(15)22(21)28)24(36)20-11-14-4-2-3-5-19(14)40-20/h2-5,10-11,18H,6-9,12-13,29H2,1H3,(H,32,35)(H,37,38)(H2,30,31,33)/t18-/m0/s1. The topological polar surface area (TPSA) is 172 Å². The molecule has 12 nitrogen and oxygen atoms in total. The Morgan fingerprint density at radius 2 is 2.02 bits per heavy atom. The average Bonchev–Trinajstić information content (AvgIpc) is 3.37. The Hall–Kier alpha value is -3.84. The summed E-state index contributed by atoms with van der Waals surface area (Å²) in [5, 5.41) is 15.8. The molecule has 4 rings (SSSR count). The highest BCUT2D eigenvalue weighted by Gasteiger charge is 2.30. The van der Waals surface area contributed by atoms with Crippen LogP contribution in [-0.2, 0) is 22.5 Å². The van der Waals surface area contributed by atoms with E-state index in [1.807, 2.05) is 18.2 Å². The van der Waals surface area contributed by atoms with Crippen molar-refractivity contribution in [2.75, 3.05) is 33.4 Å². The molecule has 0 saturated carbocycles. The van der Waals surface area contributed by atoms with E-state index in [2.05, 4.69) is 21.1 Å². The number of furan rings is 1. The fourth-order valence-electron chi connectivity index (χ4n) is 4.30. The van der Waals surface area contributed by atoms with Crippen LogP contribution in [0.3, 0.4) is 0 Å². The van der Waals surface area contributed by atoms with Crippen molar-refractivity contribution in [2.24, 2.45) is 10.8 Å². The van der Waals surface area contributed by atoms with Crippen molar-refractivity contribution in [2.45, 2.75) is 19.0 Å². The largest absolute Gasteiger partial charge is 0.480 e. The van der Waals surface area contributed by atoms with Gasteiger partial charge in [0.25, 0.3) is 11.8 Å². The van der Waals surface area contributed by atoms with Crippen LogP contribution in [0.5, 0.6) is 0 Å². The monoisotopic (exact) mass is 590 g/mol. The van der Waals surface area contributed by atoms with Crippen molar-refractivity contribution in [3.05, 3.63) is 68.9 Å². The lowest BCUT2D eigenvalue weighted by molar-refractivity contribution is -0.138.